The fourth-order valence-corrected chi connectivity index (χ4v) is 3.95. The molecule has 0 radical (unpaired) electrons. The highest BCUT2D eigenvalue weighted by Crippen LogP contribution is 2.29. The van der Waals surface area contributed by atoms with E-state index in [2.05, 4.69) is 10.6 Å². The number of ether oxygens (including phenoxy) is 5. The Morgan fingerprint density at radius 1 is 0.947 bits per heavy atom. The number of carbonyl (C=O) groups is 3. The number of aliphatic carboxylic acids is 1. The number of hydrogen-bond acceptors (Lipinski definition) is 13. The van der Waals surface area contributed by atoms with Crippen LogP contribution in [-0.2, 0) is 38.1 Å². The van der Waals surface area contributed by atoms with Gasteiger partial charge in [0.15, 0.2) is 18.7 Å². The van der Waals surface area contributed by atoms with Crippen LogP contribution < -0.4 is 16.4 Å². The molecule has 0 spiro atoms. The van der Waals surface area contributed by atoms with E-state index in [1.54, 1.807) is 0 Å². The summed E-state index contributed by atoms with van der Waals surface area (Å²) in [5, 5.41) is 56.0. The highest BCUT2D eigenvalue weighted by molar-refractivity contribution is 5.75. The van der Waals surface area contributed by atoms with E-state index >= 15 is 0 Å². The Kier molecular flexibility index (Phi) is 13.2. The highest BCUT2D eigenvalue weighted by atomic mass is 16.8. The molecular weight excluding hydrogens is 514 g/mol. The highest BCUT2D eigenvalue weighted by Gasteiger charge is 2.52. The van der Waals surface area contributed by atoms with Gasteiger partial charge < -0.3 is 65.6 Å². The zero-order valence-electron chi connectivity index (χ0n) is 21.3. The van der Waals surface area contributed by atoms with E-state index in [9.17, 15) is 39.9 Å². The fraction of sp³-hybridized carbons (Fsp3) is 0.864. The normalized spacial score (nSPS) is 35.4. The van der Waals surface area contributed by atoms with Crippen LogP contribution in [0.25, 0.3) is 0 Å². The first-order chi connectivity index (χ1) is 18.0. The van der Waals surface area contributed by atoms with E-state index in [-0.39, 0.29) is 32.3 Å². The van der Waals surface area contributed by atoms with Gasteiger partial charge in [-0.25, -0.2) is 4.79 Å². The van der Waals surface area contributed by atoms with Crippen LogP contribution in [0, 0.1) is 0 Å². The second-order valence-electron chi connectivity index (χ2n) is 8.99. The zero-order valence-corrected chi connectivity index (χ0v) is 21.3. The van der Waals surface area contributed by atoms with Gasteiger partial charge in [-0.2, -0.15) is 0 Å². The third kappa shape index (κ3) is 9.04. The Morgan fingerprint density at radius 2 is 1.66 bits per heavy atom. The van der Waals surface area contributed by atoms with E-state index in [4.69, 9.17) is 29.4 Å². The maximum atomic E-state index is 11.7. The molecule has 10 atom stereocenters. The molecule has 220 valence electrons. The van der Waals surface area contributed by atoms with Crippen LogP contribution in [0.5, 0.6) is 0 Å². The van der Waals surface area contributed by atoms with Crippen LogP contribution in [-0.4, -0.2) is 138 Å². The molecule has 2 aliphatic heterocycles. The molecule has 2 heterocycles. The molecule has 16 nitrogen and oxygen atoms in total. The van der Waals surface area contributed by atoms with Gasteiger partial charge in [-0.15, -0.1) is 0 Å². The summed E-state index contributed by atoms with van der Waals surface area (Å²) in [5.41, 5.74) is 5.35. The molecule has 0 aromatic carbocycles. The number of carbonyl (C=O) groups excluding carboxylic acids is 2. The van der Waals surface area contributed by atoms with E-state index < -0.39 is 73.2 Å². The first kappa shape index (κ1) is 32.2. The minimum Gasteiger partial charge on any atom is -0.479 e. The minimum absolute atomic E-state index is 0.00196. The average molecular weight is 554 g/mol. The molecule has 2 saturated heterocycles. The van der Waals surface area contributed by atoms with Crippen molar-refractivity contribution >= 4 is 17.8 Å². The molecule has 16 heteroatoms. The molecule has 2 rings (SSSR count). The van der Waals surface area contributed by atoms with Crippen molar-refractivity contribution in [2.45, 2.75) is 88.0 Å². The van der Waals surface area contributed by atoms with Crippen molar-refractivity contribution < 1.29 is 63.6 Å². The monoisotopic (exact) mass is 553 g/mol. The van der Waals surface area contributed by atoms with Crippen LogP contribution >= 0.6 is 0 Å². The quantitative estimate of drug-likeness (QED) is 0.0950. The second kappa shape index (κ2) is 15.6. The molecule has 2 fully saturated rings. The molecule has 9 N–H and O–H groups in total. The first-order valence-corrected chi connectivity index (χ1v) is 12.3. The molecule has 0 bridgehead atoms. The lowest BCUT2D eigenvalue weighted by atomic mass is 9.96. The molecule has 0 aromatic heterocycles. The molecule has 0 aliphatic carbocycles. The lowest BCUT2D eigenvalue weighted by Crippen LogP contribution is -2.67. The summed E-state index contributed by atoms with van der Waals surface area (Å²) >= 11 is 0. The number of aliphatic hydroxyl groups is 4. The van der Waals surface area contributed by atoms with Crippen molar-refractivity contribution in [2.75, 3.05) is 32.9 Å². The minimum atomic E-state index is -1.91. The Morgan fingerprint density at radius 3 is 2.29 bits per heavy atom. The van der Waals surface area contributed by atoms with Gasteiger partial charge in [0, 0.05) is 19.9 Å². The van der Waals surface area contributed by atoms with Crippen molar-refractivity contribution in [3.05, 3.63) is 0 Å². The van der Waals surface area contributed by atoms with Gasteiger partial charge in [0.25, 0.3) is 0 Å². The Hall–Kier alpha value is -1.99. The standard InChI is InChI=1S/C22H39N3O13/c1-10-14(28)15(29)13(25-11(2)26)21(36-10)38-19-17(31)16(30)18(20(32)33)37-22(19)35-9-8-34-7-6-24-12(27)4-3-5-23/h10,13-19,21-22,28-31H,3-9,23H2,1-2H3,(H,24,27)(H,25,26)(H,32,33)/t10?,13-,14+,15?,16-,17?,18?,19?,21-,22+/m0/s1. The van der Waals surface area contributed by atoms with E-state index in [1.807, 2.05) is 0 Å². The molecule has 5 unspecified atom stereocenters. The molecule has 2 amide bonds. The summed E-state index contributed by atoms with van der Waals surface area (Å²) in [5.74, 6) is -2.28. The number of carboxylic acids is 1. The zero-order chi connectivity index (χ0) is 28.4. The third-order valence-corrected chi connectivity index (χ3v) is 5.98. The van der Waals surface area contributed by atoms with Gasteiger partial charge in [-0.3, -0.25) is 9.59 Å². The Labute approximate surface area is 219 Å². The lowest BCUT2D eigenvalue weighted by molar-refractivity contribution is -0.349. The van der Waals surface area contributed by atoms with Crippen molar-refractivity contribution in [3.63, 3.8) is 0 Å². The summed E-state index contributed by atoms with van der Waals surface area (Å²) in [6.07, 6.45) is -13.0. The van der Waals surface area contributed by atoms with Gasteiger partial charge in [-0.1, -0.05) is 0 Å². The summed E-state index contributed by atoms with van der Waals surface area (Å²) in [6, 6.07) is -1.27. The number of nitrogens with one attached hydrogen (secondary N) is 2. The summed E-state index contributed by atoms with van der Waals surface area (Å²) in [7, 11) is 0. The van der Waals surface area contributed by atoms with Crippen molar-refractivity contribution in [1.82, 2.24) is 10.6 Å². The lowest BCUT2D eigenvalue weighted by Gasteiger charge is -2.46. The van der Waals surface area contributed by atoms with Crippen molar-refractivity contribution in [2.24, 2.45) is 5.73 Å². The second-order valence-corrected chi connectivity index (χ2v) is 8.99. The van der Waals surface area contributed by atoms with Crippen LogP contribution in [0.4, 0.5) is 0 Å². The van der Waals surface area contributed by atoms with Crippen LogP contribution in [0.3, 0.4) is 0 Å². The molecule has 38 heavy (non-hydrogen) atoms. The summed E-state index contributed by atoms with van der Waals surface area (Å²) < 4.78 is 27.6. The predicted octanol–water partition coefficient (Wildman–Crippen LogP) is -4.24. The Balaban J connectivity index is 2.01. The topological polar surface area (TPSA) is 249 Å². The predicted molar refractivity (Wildman–Crippen MR) is 125 cm³/mol. The molecule has 0 aromatic rings. The van der Waals surface area contributed by atoms with Crippen LogP contribution in [0.2, 0.25) is 0 Å². The van der Waals surface area contributed by atoms with Crippen LogP contribution in [0.1, 0.15) is 26.7 Å². The van der Waals surface area contributed by atoms with Gasteiger partial charge in [0.2, 0.25) is 11.8 Å². The molecule has 0 saturated carbocycles. The number of rotatable bonds is 14. The number of hydrogen-bond donors (Lipinski definition) is 8. The maximum Gasteiger partial charge on any atom is 0.335 e. The molecular formula is C22H39N3O13. The number of carboxylic acid groups (broad SMARTS) is 1. The van der Waals surface area contributed by atoms with E-state index in [0.717, 1.165) is 0 Å². The smallest absolute Gasteiger partial charge is 0.335 e. The van der Waals surface area contributed by atoms with Crippen molar-refractivity contribution in [1.29, 1.82) is 0 Å². The Bertz CT molecular complexity index is 775. The van der Waals surface area contributed by atoms with Gasteiger partial charge in [0.05, 0.1) is 25.9 Å². The van der Waals surface area contributed by atoms with Gasteiger partial charge >= 0.3 is 5.97 Å². The van der Waals surface area contributed by atoms with Crippen molar-refractivity contribution in [3.8, 4) is 0 Å². The number of nitrogens with two attached hydrogens (primary N) is 1. The number of aliphatic hydroxyl groups excluding tert-OH is 4. The average Bonchev–Trinajstić information content (AvgIpc) is 2.86. The van der Waals surface area contributed by atoms with E-state index in [1.165, 1.54) is 13.8 Å². The van der Waals surface area contributed by atoms with Crippen LogP contribution in [0.15, 0.2) is 0 Å². The third-order valence-electron chi connectivity index (χ3n) is 5.98. The maximum absolute atomic E-state index is 11.7. The van der Waals surface area contributed by atoms with E-state index in [0.29, 0.717) is 19.4 Å². The van der Waals surface area contributed by atoms with Gasteiger partial charge in [-0.05, 0) is 19.9 Å². The summed E-state index contributed by atoms with van der Waals surface area (Å²) in [4.78, 5) is 34.7. The fourth-order valence-electron chi connectivity index (χ4n) is 3.95. The largest absolute Gasteiger partial charge is 0.479 e. The van der Waals surface area contributed by atoms with Gasteiger partial charge in [0.1, 0.15) is 36.6 Å². The summed E-state index contributed by atoms with van der Waals surface area (Å²) in [6.45, 7) is 3.28. The number of amides is 2. The molecule has 2 aliphatic rings. The first-order valence-electron chi connectivity index (χ1n) is 12.3. The SMILES string of the molecule is CC(=O)N[C@H]1C(O)[C@H](O)C(C)O[C@H]1OC1C(O)[C@H](O)C(C(=O)O)O[C@H]1OCCOCCNC(=O)CCCN.